The second-order valence-electron chi connectivity index (χ2n) is 4.60. The lowest BCUT2D eigenvalue weighted by Gasteiger charge is -2.05. The third-order valence-electron chi connectivity index (χ3n) is 2.92. The molecule has 0 spiro atoms. The van der Waals surface area contributed by atoms with Crippen LogP contribution in [-0.2, 0) is 11.0 Å². The van der Waals surface area contributed by atoms with Gasteiger partial charge in [0, 0.05) is 0 Å². The number of halogens is 3. The molecule has 1 nitrogen and oxygen atoms in total. The Kier molecular flexibility index (Phi) is 4.94. The van der Waals surface area contributed by atoms with E-state index < -0.39 is 11.7 Å². The molecule has 0 radical (unpaired) electrons. The van der Waals surface area contributed by atoms with E-state index in [2.05, 4.69) is 0 Å². The molecule has 0 N–H and O–H groups in total. The fourth-order valence-electron chi connectivity index (χ4n) is 1.76. The minimum absolute atomic E-state index is 0.233. The summed E-state index contributed by atoms with van der Waals surface area (Å²) in [5.41, 5.74) is 0.730. The molecule has 22 heavy (non-hydrogen) atoms. The van der Waals surface area contributed by atoms with Crippen molar-refractivity contribution >= 4 is 17.9 Å². The van der Waals surface area contributed by atoms with Gasteiger partial charge >= 0.3 is 6.18 Å². The molecule has 0 bridgehead atoms. The summed E-state index contributed by atoms with van der Waals surface area (Å²) in [7, 11) is 0. The van der Waals surface area contributed by atoms with Gasteiger partial charge in [0.25, 0.3) is 0 Å². The second-order valence-corrected chi connectivity index (χ2v) is 4.60. The van der Waals surface area contributed by atoms with E-state index in [4.69, 9.17) is 0 Å². The minimum Gasteiger partial charge on any atom is -0.290 e. The third-order valence-corrected chi connectivity index (χ3v) is 2.92. The molecule has 0 aliphatic heterocycles. The number of alkyl halides is 3. The highest BCUT2D eigenvalue weighted by Crippen LogP contribution is 2.29. The lowest BCUT2D eigenvalue weighted by Crippen LogP contribution is -2.03. The largest absolute Gasteiger partial charge is 0.416 e. The highest BCUT2D eigenvalue weighted by Gasteiger charge is 2.29. The highest BCUT2D eigenvalue weighted by atomic mass is 19.4. The van der Waals surface area contributed by atoms with Crippen LogP contribution in [0.5, 0.6) is 0 Å². The van der Waals surface area contributed by atoms with Gasteiger partial charge in [-0.2, -0.15) is 13.2 Å². The number of hydrogen-bond donors (Lipinski definition) is 0. The fourth-order valence-corrected chi connectivity index (χ4v) is 1.76. The van der Waals surface area contributed by atoms with Gasteiger partial charge in [0.15, 0.2) is 5.78 Å². The Morgan fingerprint density at radius 1 is 0.773 bits per heavy atom. The quantitative estimate of drug-likeness (QED) is 0.726. The van der Waals surface area contributed by atoms with Crippen LogP contribution in [0, 0.1) is 0 Å². The molecule has 0 saturated heterocycles. The predicted octanol–water partition coefficient (Wildman–Crippen LogP) is 5.00. The van der Waals surface area contributed by atoms with E-state index >= 15 is 0 Å². The molecule has 0 atom stereocenters. The molecular formula is C18H13F3O. The smallest absolute Gasteiger partial charge is 0.290 e. The van der Waals surface area contributed by atoms with Crippen molar-refractivity contribution in [1.82, 2.24) is 0 Å². The number of rotatable bonds is 4. The first-order valence-corrected chi connectivity index (χ1v) is 6.57. The Morgan fingerprint density at radius 2 is 1.27 bits per heavy atom. The van der Waals surface area contributed by atoms with Crippen LogP contribution in [-0.4, -0.2) is 5.78 Å². The molecule has 0 unspecified atom stereocenters. The zero-order valence-electron chi connectivity index (χ0n) is 11.5. The molecule has 2 rings (SSSR count). The molecule has 2 aromatic carbocycles. The molecule has 0 aromatic heterocycles. The van der Waals surface area contributed by atoms with Crippen LogP contribution in [0.3, 0.4) is 0 Å². The molecule has 0 amide bonds. The first kappa shape index (κ1) is 15.8. The minimum atomic E-state index is -4.35. The van der Waals surface area contributed by atoms with Crippen LogP contribution in [0.15, 0.2) is 66.7 Å². The first-order valence-electron chi connectivity index (χ1n) is 6.57. The molecule has 112 valence electrons. The molecule has 2 aromatic rings. The maximum absolute atomic E-state index is 12.4. The number of allylic oxidation sites excluding steroid dienone is 2. The number of benzene rings is 2. The van der Waals surface area contributed by atoms with Gasteiger partial charge in [-0.15, -0.1) is 0 Å². The zero-order valence-corrected chi connectivity index (χ0v) is 11.5. The van der Waals surface area contributed by atoms with E-state index in [-0.39, 0.29) is 5.78 Å². The maximum Gasteiger partial charge on any atom is 0.416 e. The van der Waals surface area contributed by atoms with E-state index in [1.807, 2.05) is 30.3 Å². The fraction of sp³-hybridized carbons (Fsp3) is 0.0556. The van der Waals surface area contributed by atoms with E-state index in [0.717, 1.165) is 17.7 Å². The average molecular weight is 302 g/mol. The van der Waals surface area contributed by atoms with Crippen LogP contribution in [0.25, 0.3) is 12.2 Å². The van der Waals surface area contributed by atoms with Gasteiger partial charge in [-0.1, -0.05) is 54.6 Å². The van der Waals surface area contributed by atoms with Gasteiger partial charge in [0.2, 0.25) is 0 Å². The van der Waals surface area contributed by atoms with E-state index in [1.165, 1.54) is 30.4 Å². The van der Waals surface area contributed by atoms with E-state index in [1.54, 1.807) is 6.08 Å². The van der Waals surface area contributed by atoms with Gasteiger partial charge in [-0.05, 0) is 35.4 Å². The van der Waals surface area contributed by atoms with Crippen molar-refractivity contribution in [3.63, 3.8) is 0 Å². The summed E-state index contributed by atoms with van der Waals surface area (Å²) in [6.07, 6.45) is 1.55. The summed E-state index contributed by atoms with van der Waals surface area (Å²) in [6.45, 7) is 0. The Balaban J connectivity index is 1.99. The monoisotopic (exact) mass is 302 g/mol. The Hall–Kier alpha value is -2.62. The molecule has 0 aliphatic carbocycles. The van der Waals surface area contributed by atoms with Crippen LogP contribution in [0.4, 0.5) is 13.2 Å². The lowest BCUT2D eigenvalue weighted by molar-refractivity contribution is -0.137. The number of ketones is 1. The van der Waals surface area contributed by atoms with Crippen molar-refractivity contribution in [2.24, 2.45) is 0 Å². The van der Waals surface area contributed by atoms with Crippen molar-refractivity contribution in [1.29, 1.82) is 0 Å². The van der Waals surface area contributed by atoms with Gasteiger partial charge in [-0.25, -0.2) is 0 Å². The van der Waals surface area contributed by atoms with Crippen LogP contribution >= 0.6 is 0 Å². The number of carbonyl (C=O) groups excluding carboxylic acids is 1. The normalized spacial score (nSPS) is 12.1. The van der Waals surface area contributed by atoms with Crippen molar-refractivity contribution in [3.05, 3.63) is 83.4 Å². The summed E-state index contributed by atoms with van der Waals surface area (Å²) in [6, 6.07) is 14.0. The second kappa shape index (κ2) is 6.89. The summed E-state index contributed by atoms with van der Waals surface area (Å²) in [4.78, 5) is 11.7. The summed E-state index contributed by atoms with van der Waals surface area (Å²) < 4.78 is 37.2. The molecule has 4 heteroatoms. The first-order chi connectivity index (χ1) is 10.4. The predicted molar refractivity (Wildman–Crippen MR) is 81.0 cm³/mol. The van der Waals surface area contributed by atoms with Crippen molar-refractivity contribution in [3.8, 4) is 0 Å². The Bertz CT molecular complexity index is 681. The topological polar surface area (TPSA) is 17.1 Å². The van der Waals surface area contributed by atoms with Crippen molar-refractivity contribution in [2.75, 3.05) is 0 Å². The van der Waals surface area contributed by atoms with Crippen LogP contribution in [0.2, 0.25) is 0 Å². The van der Waals surface area contributed by atoms with Crippen molar-refractivity contribution in [2.45, 2.75) is 6.18 Å². The third kappa shape index (κ3) is 4.74. The highest BCUT2D eigenvalue weighted by molar-refractivity contribution is 6.04. The number of carbonyl (C=O) groups is 1. The van der Waals surface area contributed by atoms with Gasteiger partial charge in [0.05, 0.1) is 5.56 Å². The molecule has 0 heterocycles. The zero-order chi connectivity index (χ0) is 16.0. The molecule has 0 fully saturated rings. The lowest BCUT2D eigenvalue weighted by atomic mass is 10.1. The summed E-state index contributed by atoms with van der Waals surface area (Å²) >= 11 is 0. The van der Waals surface area contributed by atoms with E-state index in [9.17, 15) is 18.0 Å². The SMILES string of the molecule is O=C(/C=C/c1ccccc1)/C=C/c1ccc(C(F)(F)F)cc1. The van der Waals surface area contributed by atoms with Crippen LogP contribution < -0.4 is 0 Å². The standard InChI is InChI=1S/C18H13F3O/c19-18(20,21)16-10-6-15(7-11-16)9-13-17(22)12-8-14-4-2-1-3-5-14/h1-13H/b12-8+,13-9+. The Morgan fingerprint density at radius 3 is 1.77 bits per heavy atom. The van der Waals surface area contributed by atoms with Gasteiger partial charge in [-0.3, -0.25) is 4.79 Å². The van der Waals surface area contributed by atoms with Gasteiger partial charge in [0.1, 0.15) is 0 Å². The van der Waals surface area contributed by atoms with Gasteiger partial charge < -0.3 is 0 Å². The maximum atomic E-state index is 12.4. The van der Waals surface area contributed by atoms with E-state index in [0.29, 0.717) is 5.56 Å². The summed E-state index contributed by atoms with van der Waals surface area (Å²) in [5, 5.41) is 0. The molecule has 0 saturated carbocycles. The number of hydrogen-bond acceptors (Lipinski definition) is 1. The molecule has 0 aliphatic rings. The van der Waals surface area contributed by atoms with Crippen molar-refractivity contribution < 1.29 is 18.0 Å². The van der Waals surface area contributed by atoms with Crippen LogP contribution in [0.1, 0.15) is 16.7 Å². The summed E-state index contributed by atoms with van der Waals surface area (Å²) in [5.74, 6) is -0.233. The average Bonchev–Trinajstić information content (AvgIpc) is 2.51. The Labute approximate surface area is 126 Å². The molecular weight excluding hydrogens is 289 g/mol.